The molecule has 0 unspecified atom stereocenters. The van der Waals surface area contributed by atoms with Gasteiger partial charge >= 0.3 is 23.5 Å². The number of hydrogen-bond acceptors (Lipinski definition) is 9. The lowest BCUT2D eigenvalue weighted by Gasteiger charge is -2.18. The molecule has 14 N–H and O–H groups in total. The summed E-state index contributed by atoms with van der Waals surface area (Å²) in [7, 11) is -13.9. The lowest BCUT2D eigenvalue weighted by molar-refractivity contribution is -0.150. The van der Waals surface area contributed by atoms with E-state index in [1.165, 1.54) is 0 Å². The van der Waals surface area contributed by atoms with Gasteiger partial charge in [0.05, 0.1) is 6.61 Å². The van der Waals surface area contributed by atoms with E-state index in [1.807, 2.05) is 0 Å². The molecule has 21 heteroatoms. The van der Waals surface area contributed by atoms with E-state index < -0.39 is 60.8 Å². The van der Waals surface area contributed by atoms with E-state index in [-0.39, 0.29) is 0 Å². The second kappa shape index (κ2) is 13.3. The van der Waals surface area contributed by atoms with Crippen molar-refractivity contribution in [2.75, 3.05) is 6.61 Å². The molecule has 27 heavy (non-hydrogen) atoms. The fourth-order valence-corrected chi connectivity index (χ4v) is 1.11. The van der Waals surface area contributed by atoms with Gasteiger partial charge in [-0.1, -0.05) is 0 Å². The molecule has 0 aliphatic carbocycles. The molecule has 5 atom stereocenters. The predicted octanol–water partition coefficient (Wildman–Crippen LogP) is -6.01. The number of phosphoric acid groups is 3. The van der Waals surface area contributed by atoms with Crippen LogP contribution in [0, 0.1) is 0 Å². The van der Waals surface area contributed by atoms with Crippen LogP contribution >= 0.6 is 23.5 Å². The summed E-state index contributed by atoms with van der Waals surface area (Å²) < 4.78 is 31.2. The van der Waals surface area contributed by atoms with Crippen LogP contribution < -0.4 is 0 Å². The maximum atomic E-state index is 9.12. The Bertz CT molecular complexity index is 447. The molecule has 0 aromatic heterocycles. The van der Waals surface area contributed by atoms with Crippen LogP contribution in [0.25, 0.3) is 0 Å². The molecule has 1 rings (SSSR count). The lowest BCUT2D eigenvalue weighted by atomic mass is 10.1. The summed E-state index contributed by atoms with van der Waals surface area (Å²) >= 11 is 0. The molecular formula is C6H21O18P3. The van der Waals surface area contributed by atoms with E-state index in [1.54, 1.807) is 0 Å². The minimum absolute atomic E-state index is 0.596. The molecule has 1 heterocycles. The van der Waals surface area contributed by atoms with Crippen LogP contribution in [0.4, 0.5) is 0 Å². The SMILES string of the molecule is O=P(O)(O)O.O=P(O)(O)O.O=P(O)(O)O.OC[C@@H](O)[C@H]1O[C@H](O)[C@@H](O)[C@H]1O. The summed E-state index contributed by atoms with van der Waals surface area (Å²) in [5.41, 5.74) is 0. The normalized spacial score (nSPS) is 26.4. The smallest absolute Gasteiger partial charge is 0.394 e. The number of aliphatic hydroxyl groups is 5. The van der Waals surface area contributed by atoms with Crippen LogP contribution in [0.5, 0.6) is 0 Å². The predicted molar refractivity (Wildman–Crippen MR) is 78.8 cm³/mol. The molecule has 0 saturated carbocycles. The molecule has 1 aliphatic rings. The first-order chi connectivity index (χ1) is 11.6. The summed E-state index contributed by atoms with van der Waals surface area (Å²) in [4.78, 5) is 64.7. The molecule has 0 aromatic rings. The van der Waals surface area contributed by atoms with Crippen LogP contribution in [0.2, 0.25) is 0 Å². The topological polar surface area (TPSA) is 344 Å². The Labute approximate surface area is 149 Å². The van der Waals surface area contributed by atoms with Gasteiger partial charge in [0.2, 0.25) is 0 Å². The molecule has 1 saturated heterocycles. The van der Waals surface area contributed by atoms with Crippen molar-refractivity contribution in [1.29, 1.82) is 0 Å². The Balaban J connectivity index is -0.000000323. The maximum absolute atomic E-state index is 9.12. The van der Waals surface area contributed by atoms with Crippen LogP contribution in [0.1, 0.15) is 0 Å². The first kappa shape index (κ1) is 31.8. The van der Waals surface area contributed by atoms with Gasteiger partial charge in [-0.25, -0.2) is 13.7 Å². The van der Waals surface area contributed by atoms with Gasteiger partial charge in [0.25, 0.3) is 0 Å². The minimum Gasteiger partial charge on any atom is -0.394 e. The van der Waals surface area contributed by atoms with E-state index in [4.69, 9.17) is 83.3 Å². The second-order valence-corrected chi connectivity index (χ2v) is 7.34. The highest BCUT2D eigenvalue weighted by Crippen LogP contribution is 2.26. The zero-order valence-electron chi connectivity index (χ0n) is 12.8. The third kappa shape index (κ3) is 31.0. The van der Waals surface area contributed by atoms with Gasteiger partial charge in [-0.2, -0.15) is 0 Å². The molecular weight excluding hydrogens is 453 g/mol. The van der Waals surface area contributed by atoms with Gasteiger partial charge in [0.15, 0.2) is 6.29 Å². The van der Waals surface area contributed by atoms with Gasteiger partial charge in [0, 0.05) is 0 Å². The Morgan fingerprint density at radius 3 is 1.11 bits per heavy atom. The third-order valence-corrected chi connectivity index (χ3v) is 1.84. The molecule has 1 fully saturated rings. The first-order valence-electron chi connectivity index (χ1n) is 5.91. The molecule has 168 valence electrons. The number of hydrogen-bond donors (Lipinski definition) is 14. The second-order valence-electron chi connectivity index (χ2n) is 4.26. The van der Waals surface area contributed by atoms with Crippen LogP contribution in [0.15, 0.2) is 0 Å². The van der Waals surface area contributed by atoms with Gasteiger partial charge in [0.1, 0.15) is 24.4 Å². The van der Waals surface area contributed by atoms with Crippen molar-refractivity contribution in [3.8, 4) is 0 Å². The van der Waals surface area contributed by atoms with Crippen LogP contribution in [-0.2, 0) is 18.4 Å². The Morgan fingerprint density at radius 1 is 0.704 bits per heavy atom. The highest BCUT2D eigenvalue weighted by Gasteiger charge is 2.44. The Kier molecular flexibility index (Phi) is 15.7. The van der Waals surface area contributed by atoms with Gasteiger partial charge in [-0.15, -0.1) is 0 Å². The van der Waals surface area contributed by atoms with Crippen LogP contribution in [0.3, 0.4) is 0 Å². The Morgan fingerprint density at radius 2 is 0.963 bits per heavy atom. The zero-order chi connectivity index (χ0) is 22.8. The van der Waals surface area contributed by atoms with Crippen molar-refractivity contribution in [3.05, 3.63) is 0 Å². The molecule has 0 radical (unpaired) electrons. The van der Waals surface area contributed by atoms with E-state index in [0.29, 0.717) is 0 Å². The molecule has 1 aliphatic heterocycles. The number of aliphatic hydroxyl groups excluding tert-OH is 5. The van der Waals surface area contributed by atoms with Gasteiger partial charge < -0.3 is 74.3 Å². The minimum atomic E-state index is -4.64. The summed E-state index contributed by atoms with van der Waals surface area (Å²) in [6.45, 7) is -0.596. The highest BCUT2D eigenvalue weighted by molar-refractivity contribution is 7.45. The quantitative estimate of drug-likeness (QED) is 0.165. The summed E-state index contributed by atoms with van der Waals surface area (Å²) in [5, 5.41) is 44.4. The van der Waals surface area contributed by atoms with Gasteiger partial charge in [-0.05, 0) is 0 Å². The van der Waals surface area contributed by atoms with Crippen molar-refractivity contribution in [1.82, 2.24) is 0 Å². The maximum Gasteiger partial charge on any atom is 0.466 e. The first-order valence-corrected chi connectivity index (χ1v) is 10.6. The fraction of sp³-hybridized carbons (Fsp3) is 1.00. The van der Waals surface area contributed by atoms with E-state index in [2.05, 4.69) is 4.74 Å². The molecule has 0 amide bonds. The van der Waals surface area contributed by atoms with Crippen molar-refractivity contribution >= 4 is 23.5 Å². The molecule has 0 bridgehead atoms. The molecule has 0 aromatic carbocycles. The molecule has 0 spiro atoms. The van der Waals surface area contributed by atoms with Gasteiger partial charge in [-0.3, -0.25) is 0 Å². The van der Waals surface area contributed by atoms with Crippen molar-refractivity contribution in [2.45, 2.75) is 30.7 Å². The van der Waals surface area contributed by atoms with Crippen molar-refractivity contribution < 1.29 is 88.0 Å². The third-order valence-electron chi connectivity index (χ3n) is 1.84. The standard InChI is InChI=1S/C6H12O6.3H3O4P/c7-1-2(8)5-3(9)4(10)6(11)12-5;3*1-5(2,3)4/h2-11H,1H2;3*(H3,1,2,3,4)/t2-,3-,4+,5-,6+;;;/m1.../s1. The average molecular weight is 474 g/mol. The number of rotatable bonds is 2. The average Bonchev–Trinajstić information content (AvgIpc) is 2.60. The van der Waals surface area contributed by atoms with E-state index in [0.717, 1.165) is 0 Å². The Hall–Kier alpha value is 0.0900. The number of ether oxygens (including phenoxy) is 1. The fourth-order valence-electron chi connectivity index (χ4n) is 1.11. The summed E-state index contributed by atoms with van der Waals surface area (Å²) in [5.74, 6) is 0. The summed E-state index contributed by atoms with van der Waals surface area (Å²) in [6.07, 6.45) is -6.75. The summed E-state index contributed by atoms with van der Waals surface area (Å²) in [6, 6.07) is 0. The van der Waals surface area contributed by atoms with E-state index in [9.17, 15) is 0 Å². The van der Waals surface area contributed by atoms with Crippen molar-refractivity contribution in [2.24, 2.45) is 0 Å². The highest BCUT2D eigenvalue weighted by atomic mass is 31.2. The van der Waals surface area contributed by atoms with Crippen molar-refractivity contribution in [3.63, 3.8) is 0 Å². The van der Waals surface area contributed by atoms with E-state index >= 15 is 0 Å². The molecule has 18 nitrogen and oxygen atoms in total. The van der Waals surface area contributed by atoms with Crippen LogP contribution in [-0.4, -0.2) is 107 Å². The largest absolute Gasteiger partial charge is 0.466 e. The zero-order valence-corrected chi connectivity index (χ0v) is 15.5. The lowest BCUT2D eigenvalue weighted by Crippen LogP contribution is -2.40. The monoisotopic (exact) mass is 474 g/mol.